The predicted octanol–water partition coefficient (Wildman–Crippen LogP) is 4.89. The molecule has 0 aromatic heterocycles. The molecule has 0 saturated heterocycles. The monoisotopic (exact) mass is 451 g/mol. The van der Waals surface area contributed by atoms with E-state index in [1.54, 1.807) is 0 Å². The number of ether oxygens (including phenoxy) is 1. The standard InChI is InChI=1S/C24H22BrNO3/c25-17-7-5-6-16(12-17)13-18(27)14-26-24(28)29-15-23-21-10-3-1-8-19(21)20-9-2-4-11-22(20)23/h1-12,18,23,27H,13-15H2,(H,26,28). The summed E-state index contributed by atoms with van der Waals surface area (Å²) in [7, 11) is 0. The lowest BCUT2D eigenvalue weighted by Crippen LogP contribution is -2.34. The van der Waals surface area contributed by atoms with Gasteiger partial charge in [0.1, 0.15) is 6.61 Å². The van der Waals surface area contributed by atoms with Crippen LogP contribution in [-0.2, 0) is 11.2 Å². The van der Waals surface area contributed by atoms with Crippen LogP contribution in [0.5, 0.6) is 0 Å². The molecule has 148 valence electrons. The van der Waals surface area contributed by atoms with Crippen molar-refractivity contribution in [3.05, 3.63) is 94.0 Å². The van der Waals surface area contributed by atoms with Gasteiger partial charge in [0, 0.05) is 23.4 Å². The van der Waals surface area contributed by atoms with E-state index in [-0.39, 0.29) is 19.1 Å². The number of carbonyl (C=O) groups is 1. The van der Waals surface area contributed by atoms with Gasteiger partial charge in [-0.15, -0.1) is 0 Å². The number of hydrogen-bond donors (Lipinski definition) is 2. The number of halogens is 1. The Labute approximate surface area is 178 Å². The summed E-state index contributed by atoms with van der Waals surface area (Å²) in [4.78, 5) is 12.2. The number of benzene rings is 3. The maximum absolute atomic E-state index is 12.2. The normalized spacial score (nSPS) is 13.4. The van der Waals surface area contributed by atoms with Crippen molar-refractivity contribution in [3.8, 4) is 11.1 Å². The van der Waals surface area contributed by atoms with Crippen molar-refractivity contribution >= 4 is 22.0 Å². The summed E-state index contributed by atoms with van der Waals surface area (Å²) in [6, 6.07) is 24.2. The smallest absolute Gasteiger partial charge is 0.407 e. The van der Waals surface area contributed by atoms with E-state index in [2.05, 4.69) is 45.5 Å². The first kappa shape index (κ1) is 19.7. The van der Waals surface area contributed by atoms with Crippen LogP contribution in [0.25, 0.3) is 11.1 Å². The molecule has 1 unspecified atom stereocenters. The molecule has 1 aliphatic rings. The molecule has 0 aliphatic heterocycles. The molecule has 4 rings (SSSR count). The number of alkyl carbamates (subject to hydrolysis) is 1. The summed E-state index contributed by atoms with van der Waals surface area (Å²) in [5, 5.41) is 12.9. The highest BCUT2D eigenvalue weighted by molar-refractivity contribution is 9.10. The van der Waals surface area contributed by atoms with Crippen molar-refractivity contribution in [2.45, 2.75) is 18.4 Å². The summed E-state index contributed by atoms with van der Waals surface area (Å²) >= 11 is 3.42. The molecule has 5 heteroatoms. The quantitative estimate of drug-likeness (QED) is 0.560. The molecular formula is C24H22BrNO3. The van der Waals surface area contributed by atoms with Gasteiger partial charge < -0.3 is 15.2 Å². The summed E-state index contributed by atoms with van der Waals surface area (Å²) in [5.74, 6) is 0.0275. The van der Waals surface area contributed by atoms with Crippen LogP contribution < -0.4 is 5.32 Å². The van der Waals surface area contributed by atoms with Gasteiger partial charge in [0.25, 0.3) is 0 Å². The first-order valence-corrected chi connectivity index (χ1v) is 10.4. The number of aliphatic hydroxyl groups is 1. The number of hydrogen-bond acceptors (Lipinski definition) is 3. The average Bonchev–Trinajstić information content (AvgIpc) is 3.05. The van der Waals surface area contributed by atoms with Crippen molar-refractivity contribution in [2.75, 3.05) is 13.2 Å². The summed E-state index contributed by atoms with van der Waals surface area (Å²) in [6.45, 7) is 0.408. The van der Waals surface area contributed by atoms with Crippen LogP contribution in [0.3, 0.4) is 0 Å². The fourth-order valence-electron chi connectivity index (χ4n) is 3.86. The van der Waals surface area contributed by atoms with Gasteiger partial charge >= 0.3 is 6.09 Å². The fourth-order valence-corrected chi connectivity index (χ4v) is 4.31. The number of nitrogens with one attached hydrogen (secondary N) is 1. The maximum atomic E-state index is 12.2. The first-order valence-electron chi connectivity index (χ1n) is 9.63. The molecule has 1 aliphatic carbocycles. The summed E-state index contributed by atoms with van der Waals surface area (Å²) < 4.78 is 6.46. The van der Waals surface area contributed by atoms with Crippen LogP contribution in [0, 0.1) is 0 Å². The lowest BCUT2D eigenvalue weighted by atomic mass is 9.98. The van der Waals surface area contributed by atoms with Gasteiger partial charge in [0.2, 0.25) is 0 Å². The Balaban J connectivity index is 1.32. The molecular weight excluding hydrogens is 430 g/mol. The summed E-state index contributed by atoms with van der Waals surface area (Å²) in [6.07, 6.45) is -0.728. The highest BCUT2D eigenvalue weighted by atomic mass is 79.9. The molecule has 4 nitrogen and oxygen atoms in total. The second-order valence-corrected chi connectivity index (χ2v) is 8.11. The van der Waals surface area contributed by atoms with Crippen molar-refractivity contribution in [1.29, 1.82) is 0 Å². The Bertz CT molecular complexity index is 975. The van der Waals surface area contributed by atoms with Crippen molar-refractivity contribution in [3.63, 3.8) is 0 Å². The van der Waals surface area contributed by atoms with Crippen molar-refractivity contribution in [1.82, 2.24) is 5.32 Å². The zero-order valence-corrected chi connectivity index (χ0v) is 17.4. The molecule has 3 aromatic rings. The van der Waals surface area contributed by atoms with Crippen LogP contribution in [0.1, 0.15) is 22.6 Å². The Morgan fingerprint density at radius 3 is 2.31 bits per heavy atom. The third-order valence-corrected chi connectivity index (χ3v) is 5.68. The number of amides is 1. The second-order valence-electron chi connectivity index (χ2n) is 7.19. The van der Waals surface area contributed by atoms with Crippen LogP contribution >= 0.6 is 15.9 Å². The number of fused-ring (bicyclic) bond motifs is 3. The van der Waals surface area contributed by atoms with Gasteiger partial charge in [0.05, 0.1) is 6.10 Å². The molecule has 3 aromatic carbocycles. The first-order chi connectivity index (χ1) is 14.1. The molecule has 0 saturated carbocycles. The van der Waals surface area contributed by atoms with E-state index in [0.717, 1.165) is 10.0 Å². The average molecular weight is 452 g/mol. The highest BCUT2D eigenvalue weighted by Crippen LogP contribution is 2.44. The minimum atomic E-state index is -0.676. The Hall–Kier alpha value is -2.63. The van der Waals surface area contributed by atoms with Gasteiger partial charge in [-0.2, -0.15) is 0 Å². The Morgan fingerprint density at radius 2 is 1.66 bits per heavy atom. The fraction of sp³-hybridized carbons (Fsp3) is 0.208. The van der Waals surface area contributed by atoms with E-state index in [4.69, 9.17) is 4.74 Å². The topological polar surface area (TPSA) is 58.6 Å². The Kier molecular flexibility index (Phi) is 5.97. The molecule has 0 fully saturated rings. The number of rotatable bonds is 6. The van der Waals surface area contributed by atoms with Crippen LogP contribution in [-0.4, -0.2) is 30.5 Å². The second kappa shape index (κ2) is 8.80. The number of carbonyl (C=O) groups excluding carboxylic acids is 1. The van der Waals surface area contributed by atoms with Gasteiger partial charge in [-0.25, -0.2) is 4.79 Å². The minimum absolute atomic E-state index is 0.0275. The Morgan fingerprint density at radius 1 is 1.00 bits per heavy atom. The molecule has 1 amide bonds. The predicted molar refractivity (Wildman–Crippen MR) is 117 cm³/mol. The van der Waals surface area contributed by atoms with E-state index in [9.17, 15) is 9.90 Å². The van der Waals surface area contributed by atoms with Gasteiger partial charge in [-0.05, 0) is 39.9 Å². The van der Waals surface area contributed by atoms with Crippen LogP contribution in [0.2, 0.25) is 0 Å². The van der Waals surface area contributed by atoms with E-state index in [1.807, 2.05) is 48.5 Å². The van der Waals surface area contributed by atoms with Gasteiger partial charge in [0.15, 0.2) is 0 Å². The maximum Gasteiger partial charge on any atom is 0.407 e. The molecule has 0 radical (unpaired) electrons. The van der Waals surface area contributed by atoms with Crippen molar-refractivity contribution < 1.29 is 14.6 Å². The van der Waals surface area contributed by atoms with Crippen LogP contribution in [0.4, 0.5) is 4.79 Å². The molecule has 29 heavy (non-hydrogen) atoms. The molecule has 0 spiro atoms. The van der Waals surface area contributed by atoms with Crippen LogP contribution in [0.15, 0.2) is 77.3 Å². The third-order valence-electron chi connectivity index (χ3n) is 5.19. The van der Waals surface area contributed by atoms with Gasteiger partial charge in [-0.3, -0.25) is 0 Å². The molecule has 2 N–H and O–H groups in total. The third kappa shape index (κ3) is 4.52. The largest absolute Gasteiger partial charge is 0.449 e. The van der Waals surface area contributed by atoms with E-state index in [0.29, 0.717) is 6.42 Å². The van der Waals surface area contributed by atoms with E-state index >= 15 is 0 Å². The van der Waals surface area contributed by atoms with Gasteiger partial charge in [-0.1, -0.05) is 76.6 Å². The minimum Gasteiger partial charge on any atom is -0.449 e. The molecule has 0 bridgehead atoms. The summed E-state index contributed by atoms with van der Waals surface area (Å²) in [5.41, 5.74) is 5.75. The van der Waals surface area contributed by atoms with Crippen molar-refractivity contribution in [2.24, 2.45) is 0 Å². The van der Waals surface area contributed by atoms with E-state index < -0.39 is 12.2 Å². The number of aliphatic hydroxyl groups excluding tert-OH is 1. The molecule has 1 atom stereocenters. The SMILES string of the molecule is O=C(NCC(O)Cc1cccc(Br)c1)OCC1c2ccccc2-c2ccccc21. The van der Waals surface area contributed by atoms with E-state index in [1.165, 1.54) is 22.3 Å². The lowest BCUT2D eigenvalue weighted by molar-refractivity contribution is 0.128. The highest BCUT2D eigenvalue weighted by Gasteiger charge is 2.29. The zero-order valence-electron chi connectivity index (χ0n) is 15.8. The lowest BCUT2D eigenvalue weighted by Gasteiger charge is -2.16. The zero-order chi connectivity index (χ0) is 20.2. The molecule has 0 heterocycles.